The molecule has 0 unspecified atom stereocenters. The minimum absolute atomic E-state index is 0.147. The van der Waals surface area contributed by atoms with E-state index in [1.165, 1.54) is 4.90 Å². The lowest BCUT2D eigenvalue weighted by atomic mass is 10.0. The summed E-state index contributed by atoms with van der Waals surface area (Å²) in [6, 6.07) is 16.6. The summed E-state index contributed by atoms with van der Waals surface area (Å²) >= 11 is 0. The predicted octanol–water partition coefficient (Wildman–Crippen LogP) is 4.17. The van der Waals surface area contributed by atoms with Crippen molar-refractivity contribution in [1.82, 2.24) is 10.2 Å². The molecule has 0 fully saturated rings. The molecule has 0 aliphatic carbocycles. The van der Waals surface area contributed by atoms with Gasteiger partial charge in [-0.3, -0.25) is 14.5 Å². The SMILES string of the molecule is CC(C)C[C@H](NC(=O)[C@H](C)N1C(=O)[C@H](Cc2ccccc2)N=C1Nc1ccccc1)C(=O)OC(C)(C)C. The Labute approximate surface area is 219 Å². The van der Waals surface area contributed by atoms with Gasteiger partial charge in [0.1, 0.15) is 23.7 Å². The molecule has 0 radical (unpaired) electrons. The van der Waals surface area contributed by atoms with Crippen LogP contribution in [0, 0.1) is 5.92 Å². The molecule has 2 aromatic carbocycles. The number of nitrogens with zero attached hydrogens (tertiary/aromatic N) is 2. The maximum atomic E-state index is 13.5. The molecular formula is C29H38N4O4. The van der Waals surface area contributed by atoms with Crippen molar-refractivity contribution in [3.05, 3.63) is 66.2 Å². The molecule has 37 heavy (non-hydrogen) atoms. The van der Waals surface area contributed by atoms with Crippen LogP contribution in [0.4, 0.5) is 5.69 Å². The third kappa shape index (κ3) is 7.90. The summed E-state index contributed by atoms with van der Waals surface area (Å²) in [6.07, 6.45) is 0.833. The summed E-state index contributed by atoms with van der Waals surface area (Å²) in [5.74, 6) is -0.769. The summed E-state index contributed by atoms with van der Waals surface area (Å²) in [6.45, 7) is 10.9. The quantitative estimate of drug-likeness (QED) is 0.497. The van der Waals surface area contributed by atoms with Crippen molar-refractivity contribution in [1.29, 1.82) is 0 Å². The van der Waals surface area contributed by atoms with Crippen molar-refractivity contribution in [3.8, 4) is 0 Å². The van der Waals surface area contributed by atoms with Crippen LogP contribution in [0.5, 0.6) is 0 Å². The Bertz CT molecular complexity index is 1110. The highest BCUT2D eigenvalue weighted by Gasteiger charge is 2.41. The number of hydrogen-bond donors (Lipinski definition) is 2. The number of carbonyl (C=O) groups excluding carboxylic acids is 3. The Kier molecular flexibility index (Phi) is 9.08. The Morgan fingerprint density at radius 3 is 2.16 bits per heavy atom. The lowest BCUT2D eigenvalue weighted by molar-refractivity contribution is -0.159. The van der Waals surface area contributed by atoms with Gasteiger partial charge in [0, 0.05) is 12.1 Å². The number of anilines is 1. The van der Waals surface area contributed by atoms with Gasteiger partial charge >= 0.3 is 5.97 Å². The predicted molar refractivity (Wildman–Crippen MR) is 145 cm³/mol. The second-order valence-electron chi connectivity index (χ2n) is 10.8. The number of hydrogen-bond acceptors (Lipinski definition) is 6. The minimum Gasteiger partial charge on any atom is -0.458 e. The highest BCUT2D eigenvalue weighted by molar-refractivity contribution is 6.13. The second-order valence-corrected chi connectivity index (χ2v) is 10.8. The van der Waals surface area contributed by atoms with Crippen LogP contribution in [-0.2, 0) is 25.5 Å². The number of guanidine groups is 1. The lowest BCUT2D eigenvalue weighted by Gasteiger charge is -2.29. The molecule has 0 spiro atoms. The van der Waals surface area contributed by atoms with Crippen molar-refractivity contribution in [2.24, 2.45) is 10.9 Å². The fourth-order valence-corrected chi connectivity index (χ4v) is 4.09. The number of rotatable bonds is 9. The van der Waals surface area contributed by atoms with Crippen molar-refractivity contribution in [3.63, 3.8) is 0 Å². The molecule has 1 aliphatic rings. The van der Waals surface area contributed by atoms with Gasteiger partial charge in [-0.1, -0.05) is 62.4 Å². The average Bonchev–Trinajstić information content (AvgIpc) is 3.12. The molecule has 0 saturated carbocycles. The molecule has 8 heteroatoms. The Morgan fingerprint density at radius 1 is 1.00 bits per heavy atom. The molecule has 3 rings (SSSR count). The summed E-state index contributed by atoms with van der Waals surface area (Å²) in [5, 5.41) is 6.02. The van der Waals surface area contributed by atoms with E-state index in [0.29, 0.717) is 18.8 Å². The van der Waals surface area contributed by atoms with Crippen molar-refractivity contribution in [2.75, 3.05) is 5.32 Å². The molecule has 8 nitrogen and oxygen atoms in total. The van der Waals surface area contributed by atoms with Gasteiger partial charge in [0.2, 0.25) is 11.9 Å². The number of nitrogens with one attached hydrogen (secondary N) is 2. The first-order valence-corrected chi connectivity index (χ1v) is 12.7. The van der Waals surface area contributed by atoms with Crippen molar-refractivity contribution < 1.29 is 19.1 Å². The van der Waals surface area contributed by atoms with Crippen LogP contribution >= 0.6 is 0 Å². The Hall–Kier alpha value is -3.68. The van der Waals surface area contributed by atoms with Gasteiger partial charge < -0.3 is 15.4 Å². The van der Waals surface area contributed by atoms with E-state index in [9.17, 15) is 14.4 Å². The summed E-state index contributed by atoms with van der Waals surface area (Å²) in [7, 11) is 0. The minimum atomic E-state index is -0.902. The average molecular weight is 507 g/mol. The van der Waals surface area contributed by atoms with Crippen molar-refractivity contribution >= 4 is 29.4 Å². The zero-order valence-electron chi connectivity index (χ0n) is 22.5. The number of ether oxygens (including phenoxy) is 1. The fraction of sp³-hybridized carbons (Fsp3) is 0.448. The molecule has 2 N–H and O–H groups in total. The van der Waals surface area contributed by atoms with Gasteiger partial charge in [0.25, 0.3) is 5.91 Å². The molecule has 3 atom stereocenters. The Morgan fingerprint density at radius 2 is 1.59 bits per heavy atom. The molecule has 0 aromatic heterocycles. The number of para-hydroxylation sites is 1. The molecule has 2 amide bonds. The van der Waals surface area contributed by atoms with Gasteiger partial charge in [-0.15, -0.1) is 0 Å². The first-order chi connectivity index (χ1) is 17.4. The number of benzene rings is 2. The molecular weight excluding hydrogens is 468 g/mol. The molecule has 198 valence electrons. The van der Waals surface area contributed by atoms with E-state index >= 15 is 0 Å². The highest BCUT2D eigenvalue weighted by Crippen LogP contribution is 2.21. The number of carbonyl (C=O) groups is 3. The van der Waals surface area contributed by atoms with E-state index in [0.717, 1.165) is 11.3 Å². The van der Waals surface area contributed by atoms with Gasteiger partial charge in [0.15, 0.2) is 0 Å². The fourth-order valence-electron chi connectivity index (χ4n) is 4.09. The standard InChI is InChI=1S/C29H38N4O4/c1-19(2)17-24(27(36)37-29(4,5)6)31-25(34)20(3)33-26(35)23(18-21-13-9-7-10-14-21)32-28(33)30-22-15-11-8-12-16-22/h7-16,19-20,23-24H,17-18H2,1-6H3,(H,30,32)(H,31,34)/t20-,23-,24-/m0/s1. The van der Waals surface area contributed by atoms with Crippen LogP contribution in [0.25, 0.3) is 0 Å². The Balaban J connectivity index is 1.83. The molecule has 2 aromatic rings. The molecule has 0 saturated heterocycles. The topological polar surface area (TPSA) is 100 Å². The summed E-state index contributed by atoms with van der Waals surface area (Å²) < 4.78 is 5.54. The van der Waals surface area contributed by atoms with Crippen LogP contribution in [0.3, 0.4) is 0 Å². The zero-order valence-corrected chi connectivity index (χ0v) is 22.5. The third-order valence-electron chi connectivity index (χ3n) is 5.81. The smallest absolute Gasteiger partial charge is 0.329 e. The number of esters is 1. The lowest BCUT2D eigenvalue weighted by Crippen LogP contribution is -2.55. The second kappa shape index (κ2) is 12.0. The normalized spacial score (nSPS) is 17.3. The van der Waals surface area contributed by atoms with Crippen LogP contribution in [0.1, 0.15) is 53.5 Å². The van der Waals surface area contributed by atoms with Gasteiger partial charge in [-0.25, -0.2) is 9.79 Å². The van der Waals surface area contributed by atoms with Crippen LogP contribution in [-0.4, -0.2) is 52.4 Å². The van der Waals surface area contributed by atoms with Gasteiger partial charge in [0.05, 0.1) is 0 Å². The first kappa shape index (κ1) is 27.9. The van der Waals surface area contributed by atoms with E-state index < -0.39 is 35.6 Å². The van der Waals surface area contributed by atoms with Gasteiger partial charge in [-0.2, -0.15) is 0 Å². The monoisotopic (exact) mass is 506 g/mol. The van der Waals surface area contributed by atoms with E-state index in [-0.39, 0.29) is 11.8 Å². The zero-order chi connectivity index (χ0) is 27.2. The largest absolute Gasteiger partial charge is 0.458 e. The highest BCUT2D eigenvalue weighted by atomic mass is 16.6. The van der Waals surface area contributed by atoms with E-state index in [1.807, 2.05) is 74.5 Å². The van der Waals surface area contributed by atoms with Crippen LogP contribution in [0.2, 0.25) is 0 Å². The van der Waals surface area contributed by atoms with E-state index in [1.54, 1.807) is 27.7 Å². The summed E-state index contributed by atoms with van der Waals surface area (Å²) in [4.78, 5) is 45.8. The van der Waals surface area contributed by atoms with Crippen molar-refractivity contribution in [2.45, 2.75) is 78.1 Å². The number of aliphatic imine (C=N–C) groups is 1. The third-order valence-corrected chi connectivity index (χ3v) is 5.81. The molecule has 1 heterocycles. The summed E-state index contributed by atoms with van der Waals surface area (Å²) in [5.41, 5.74) is 1.04. The molecule has 0 bridgehead atoms. The maximum absolute atomic E-state index is 13.5. The number of amides is 2. The molecule has 1 aliphatic heterocycles. The van der Waals surface area contributed by atoms with Gasteiger partial charge in [-0.05, 0) is 57.7 Å². The van der Waals surface area contributed by atoms with Crippen LogP contribution in [0.15, 0.2) is 65.7 Å². The van der Waals surface area contributed by atoms with Crippen LogP contribution < -0.4 is 10.6 Å². The maximum Gasteiger partial charge on any atom is 0.329 e. The van der Waals surface area contributed by atoms with E-state index in [4.69, 9.17) is 4.74 Å². The first-order valence-electron chi connectivity index (χ1n) is 12.7. The van der Waals surface area contributed by atoms with E-state index in [2.05, 4.69) is 15.6 Å².